The fourth-order valence-corrected chi connectivity index (χ4v) is 1.93. The number of benzene rings is 1. The first-order chi connectivity index (χ1) is 8.99. The minimum Gasteiger partial charge on any atom is -0.483 e. The Morgan fingerprint density at radius 2 is 2.00 bits per heavy atom. The van der Waals surface area contributed by atoms with Crippen LogP contribution in [0.4, 0.5) is 0 Å². The number of carbonyl (C=O) groups excluding carboxylic acids is 1. The van der Waals surface area contributed by atoms with E-state index in [1.165, 1.54) is 0 Å². The average molecular weight is 265 g/mol. The van der Waals surface area contributed by atoms with Crippen molar-refractivity contribution in [2.75, 3.05) is 19.7 Å². The number of rotatable bonds is 6. The van der Waals surface area contributed by atoms with E-state index in [4.69, 9.17) is 4.74 Å². The van der Waals surface area contributed by atoms with Gasteiger partial charge in [-0.15, -0.1) is 0 Å². The van der Waals surface area contributed by atoms with E-state index in [9.17, 15) is 9.90 Å². The zero-order chi connectivity index (χ0) is 14.4. The van der Waals surface area contributed by atoms with E-state index in [2.05, 4.69) is 0 Å². The molecule has 0 heterocycles. The normalized spacial score (nSPS) is 12.1. The number of amides is 1. The lowest BCUT2D eigenvalue weighted by atomic mass is 10.1. The summed E-state index contributed by atoms with van der Waals surface area (Å²) in [5.41, 5.74) is 1.77. The fourth-order valence-electron chi connectivity index (χ4n) is 1.93. The SMILES string of the molecule is CCN(CC)C(=O)COc1ccc(C)cc1C(C)O. The van der Waals surface area contributed by atoms with Gasteiger partial charge >= 0.3 is 0 Å². The topological polar surface area (TPSA) is 49.8 Å². The summed E-state index contributed by atoms with van der Waals surface area (Å²) in [4.78, 5) is 13.6. The summed E-state index contributed by atoms with van der Waals surface area (Å²) >= 11 is 0. The molecule has 1 amide bonds. The van der Waals surface area contributed by atoms with Gasteiger partial charge in [-0.25, -0.2) is 0 Å². The number of likely N-dealkylation sites (N-methyl/N-ethyl adjacent to an activating group) is 1. The van der Waals surface area contributed by atoms with Crippen LogP contribution in [0.3, 0.4) is 0 Å². The summed E-state index contributed by atoms with van der Waals surface area (Å²) in [6, 6.07) is 5.58. The molecule has 1 aromatic carbocycles. The zero-order valence-corrected chi connectivity index (χ0v) is 12.1. The molecule has 1 unspecified atom stereocenters. The van der Waals surface area contributed by atoms with Gasteiger partial charge in [-0.1, -0.05) is 11.6 Å². The molecule has 0 saturated carbocycles. The number of ether oxygens (including phenoxy) is 1. The highest BCUT2D eigenvalue weighted by molar-refractivity contribution is 5.77. The molecule has 0 aliphatic heterocycles. The molecule has 0 saturated heterocycles. The van der Waals surface area contributed by atoms with Gasteiger partial charge in [-0.05, 0) is 39.8 Å². The third-order valence-corrected chi connectivity index (χ3v) is 3.08. The lowest BCUT2D eigenvalue weighted by Crippen LogP contribution is -2.34. The number of carbonyl (C=O) groups is 1. The zero-order valence-electron chi connectivity index (χ0n) is 12.1. The number of aliphatic hydroxyl groups is 1. The Bertz CT molecular complexity index is 425. The van der Waals surface area contributed by atoms with Crippen molar-refractivity contribution in [1.82, 2.24) is 4.90 Å². The van der Waals surface area contributed by atoms with E-state index < -0.39 is 6.10 Å². The van der Waals surface area contributed by atoms with Gasteiger partial charge in [0.2, 0.25) is 0 Å². The van der Waals surface area contributed by atoms with E-state index in [0.29, 0.717) is 24.4 Å². The van der Waals surface area contributed by atoms with Crippen LogP contribution >= 0.6 is 0 Å². The van der Waals surface area contributed by atoms with Crippen LogP contribution in [-0.4, -0.2) is 35.6 Å². The van der Waals surface area contributed by atoms with Gasteiger partial charge < -0.3 is 14.7 Å². The molecule has 19 heavy (non-hydrogen) atoms. The van der Waals surface area contributed by atoms with Gasteiger partial charge in [-0.2, -0.15) is 0 Å². The van der Waals surface area contributed by atoms with Crippen molar-refractivity contribution in [3.05, 3.63) is 29.3 Å². The molecule has 0 radical (unpaired) electrons. The van der Waals surface area contributed by atoms with E-state index in [0.717, 1.165) is 5.56 Å². The maximum atomic E-state index is 11.9. The molecule has 0 fully saturated rings. The monoisotopic (exact) mass is 265 g/mol. The average Bonchev–Trinajstić information content (AvgIpc) is 2.38. The molecule has 1 rings (SSSR count). The number of aryl methyl sites for hydroxylation is 1. The summed E-state index contributed by atoms with van der Waals surface area (Å²) < 4.78 is 5.55. The van der Waals surface area contributed by atoms with Crippen molar-refractivity contribution >= 4 is 5.91 Å². The lowest BCUT2D eigenvalue weighted by molar-refractivity contribution is -0.133. The van der Waals surface area contributed by atoms with Crippen molar-refractivity contribution < 1.29 is 14.6 Å². The van der Waals surface area contributed by atoms with Crippen LogP contribution in [0.2, 0.25) is 0 Å². The van der Waals surface area contributed by atoms with Crippen molar-refractivity contribution in [2.45, 2.75) is 33.8 Å². The molecule has 0 bridgehead atoms. The van der Waals surface area contributed by atoms with Crippen molar-refractivity contribution in [1.29, 1.82) is 0 Å². The quantitative estimate of drug-likeness (QED) is 0.858. The van der Waals surface area contributed by atoms with Crippen LogP contribution in [0.1, 0.15) is 38.0 Å². The van der Waals surface area contributed by atoms with E-state index in [-0.39, 0.29) is 12.5 Å². The van der Waals surface area contributed by atoms with Crippen molar-refractivity contribution in [3.63, 3.8) is 0 Å². The van der Waals surface area contributed by atoms with Crippen LogP contribution in [0.5, 0.6) is 5.75 Å². The van der Waals surface area contributed by atoms with E-state index in [1.807, 2.05) is 32.9 Å². The molecule has 0 aliphatic rings. The second-order valence-corrected chi connectivity index (χ2v) is 4.57. The maximum Gasteiger partial charge on any atom is 0.260 e. The van der Waals surface area contributed by atoms with E-state index in [1.54, 1.807) is 17.9 Å². The molecule has 0 spiro atoms. The summed E-state index contributed by atoms with van der Waals surface area (Å²) in [6.45, 7) is 8.88. The van der Waals surface area contributed by atoms with Gasteiger partial charge in [0.05, 0.1) is 6.10 Å². The van der Waals surface area contributed by atoms with Crippen LogP contribution in [0.15, 0.2) is 18.2 Å². The Labute approximate surface area is 115 Å². The predicted octanol–water partition coefficient (Wildman–Crippen LogP) is 2.30. The first kappa shape index (κ1) is 15.5. The molecule has 0 aromatic heterocycles. The molecule has 4 heteroatoms. The Hall–Kier alpha value is -1.55. The maximum absolute atomic E-state index is 11.9. The van der Waals surface area contributed by atoms with Gasteiger partial charge in [0.15, 0.2) is 6.61 Å². The molecule has 1 aromatic rings. The highest BCUT2D eigenvalue weighted by Gasteiger charge is 2.13. The molecule has 1 N–H and O–H groups in total. The standard InChI is InChI=1S/C15H23NO3/c1-5-16(6-2)15(18)10-19-14-8-7-11(3)9-13(14)12(4)17/h7-9,12,17H,5-6,10H2,1-4H3. The summed E-state index contributed by atoms with van der Waals surface area (Å²) in [6.07, 6.45) is -0.613. The number of hydrogen-bond acceptors (Lipinski definition) is 3. The Kier molecular flexibility index (Phi) is 5.83. The summed E-state index contributed by atoms with van der Waals surface area (Å²) in [5, 5.41) is 9.72. The lowest BCUT2D eigenvalue weighted by Gasteiger charge is -2.20. The molecular formula is C15H23NO3. The first-order valence-electron chi connectivity index (χ1n) is 6.68. The minimum atomic E-state index is -0.613. The Morgan fingerprint density at radius 1 is 1.37 bits per heavy atom. The van der Waals surface area contributed by atoms with Gasteiger partial charge in [-0.3, -0.25) is 4.79 Å². The number of hydrogen-bond donors (Lipinski definition) is 1. The molecule has 1 atom stereocenters. The first-order valence-corrected chi connectivity index (χ1v) is 6.68. The van der Waals surface area contributed by atoms with Crippen LogP contribution in [0, 0.1) is 6.92 Å². The van der Waals surface area contributed by atoms with Crippen molar-refractivity contribution in [3.8, 4) is 5.75 Å². The van der Waals surface area contributed by atoms with Crippen LogP contribution in [-0.2, 0) is 4.79 Å². The van der Waals surface area contributed by atoms with Crippen LogP contribution in [0.25, 0.3) is 0 Å². The molecular weight excluding hydrogens is 242 g/mol. The summed E-state index contributed by atoms with van der Waals surface area (Å²) in [5.74, 6) is 0.531. The number of nitrogens with zero attached hydrogens (tertiary/aromatic N) is 1. The highest BCUT2D eigenvalue weighted by atomic mass is 16.5. The third-order valence-electron chi connectivity index (χ3n) is 3.08. The predicted molar refractivity (Wildman–Crippen MR) is 75.2 cm³/mol. The highest BCUT2D eigenvalue weighted by Crippen LogP contribution is 2.26. The number of aliphatic hydroxyl groups excluding tert-OH is 1. The fraction of sp³-hybridized carbons (Fsp3) is 0.533. The van der Waals surface area contributed by atoms with Crippen molar-refractivity contribution in [2.24, 2.45) is 0 Å². The Balaban J connectivity index is 2.75. The smallest absolute Gasteiger partial charge is 0.260 e. The van der Waals surface area contributed by atoms with Gasteiger partial charge in [0, 0.05) is 18.7 Å². The molecule has 106 valence electrons. The second kappa shape index (κ2) is 7.14. The molecule has 4 nitrogen and oxygen atoms in total. The second-order valence-electron chi connectivity index (χ2n) is 4.57. The summed E-state index contributed by atoms with van der Waals surface area (Å²) in [7, 11) is 0. The third kappa shape index (κ3) is 4.24. The van der Waals surface area contributed by atoms with Crippen LogP contribution < -0.4 is 4.74 Å². The van der Waals surface area contributed by atoms with Gasteiger partial charge in [0.25, 0.3) is 5.91 Å². The Morgan fingerprint density at radius 3 is 2.53 bits per heavy atom. The minimum absolute atomic E-state index is 0.00443. The van der Waals surface area contributed by atoms with Gasteiger partial charge in [0.1, 0.15) is 5.75 Å². The largest absolute Gasteiger partial charge is 0.483 e. The molecule has 0 aliphatic carbocycles. The van der Waals surface area contributed by atoms with E-state index >= 15 is 0 Å².